The van der Waals surface area contributed by atoms with Crippen LogP contribution in [0, 0.1) is 4.77 Å². The Morgan fingerprint density at radius 2 is 1.86 bits per heavy atom. The second-order valence-electron chi connectivity index (χ2n) is 4.47. The predicted molar refractivity (Wildman–Crippen MR) is 79.4 cm³/mol. The molecule has 8 heteroatoms. The van der Waals surface area contributed by atoms with Crippen LogP contribution in [-0.4, -0.2) is 21.1 Å². The summed E-state index contributed by atoms with van der Waals surface area (Å²) in [5.41, 5.74) is 0.689. The fraction of sp³-hybridized carbons (Fsp3) is 0.0714. The van der Waals surface area contributed by atoms with Crippen LogP contribution in [0.3, 0.4) is 0 Å². The number of halogens is 3. The second kappa shape index (κ2) is 5.38. The van der Waals surface area contributed by atoms with Crippen LogP contribution in [0.2, 0.25) is 0 Å². The molecule has 0 bridgehead atoms. The van der Waals surface area contributed by atoms with Crippen LogP contribution >= 0.6 is 12.2 Å². The molecule has 22 heavy (non-hydrogen) atoms. The van der Waals surface area contributed by atoms with Gasteiger partial charge in [0.15, 0.2) is 0 Å². The molecule has 0 unspecified atom stereocenters. The van der Waals surface area contributed by atoms with Crippen molar-refractivity contribution >= 4 is 29.2 Å². The number of benzene rings is 2. The second-order valence-corrected chi connectivity index (χ2v) is 4.86. The Balaban J connectivity index is 2.08. The molecule has 1 N–H and O–H groups in total. The van der Waals surface area contributed by atoms with Gasteiger partial charge in [0.2, 0.25) is 4.77 Å². The summed E-state index contributed by atoms with van der Waals surface area (Å²) in [5.74, 6) is -1.19. The smallest absolute Gasteiger partial charge is 0.250 e. The zero-order valence-corrected chi connectivity index (χ0v) is 11.8. The molecule has 0 aliphatic carbocycles. The number of hydrogen-bond donors (Lipinski definition) is 1. The third kappa shape index (κ3) is 2.64. The van der Waals surface area contributed by atoms with Gasteiger partial charge in [-0.1, -0.05) is 42.5 Å². The molecule has 0 aliphatic heterocycles. The lowest BCUT2D eigenvalue weighted by molar-refractivity contribution is -0.147. The lowest BCUT2D eigenvalue weighted by Crippen LogP contribution is -2.12. The van der Waals surface area contributed by atoms with Crippen molar-refractivity contribution in [3.05, 3.63) is 58.6 Å². The van der Waals surface area contributed by atoms with Gasteiger partial charge in [-0.2, -0.15) is 22.9 Å². The summed E-state index contributed by atoms with van der Waals surface area (Å²) >= 11 is 4.78. The number of hydrogen-bond acceptors (Lipinski definition) is 3. The number of rotatable bonds is 2. The van der Waals surface area contributed by atoms with Crippen molar-refractivity contribution < 1.29 is 13.2 Å². The maximum absolute atomic E-state index is 12.8. The van der Waals surface area contributed by atoms with Crippen LogP contribution in [0.15, 0.2) is 47.6 Å². The number of nitrogens with one attached hydrogen (secondary N) is 1. The molecule has 2 aromatic carbocycles. The summed E-state index contributed by atoms with van der Waals surface area (Å²) in [4.78, 5) is 0. The maximum atomic E-state index is 12.8. The van der Waals surface area contributed by atoms with Gasteiger partial charge in [-0.3, -0.25) is 0 Å². The molecule has 0 amide bonds. The number of H-pyrrole nitrogens is 1. The number of aromatic nitrogens is 3. The summed E-state index contributed by atoms with van der Waals surface area (Å²) in [6.07, 6.45) is -3.30. The minimum atomic E-state index is -4.64. The SMILES string of the molecule is FC(F)(F)c1n[nH]c(=S)n1/N=C\c1cccc2ccccc12. The van der Waals surface area contributed by atoms with Crippen molar-refractivity contribution in [3.8, 4) is 0 Å². The van der Waals surface area contributed by atoms with E-state index in [1.54, 1.807) is 6.07 Å². The number of nitrogens with zero attached hydrogens (tertiary/aromatic N) is 3. The van der Waals surface area contributed by atoms with Gasteiger partial charge in [0.1, 0.15) is 0 Å². The van der Waals surface area contributed by atoms with Crippen molar-refractivity contribution in [1.82, 2.24) is 14.9 Å². The van der Waals surface area contributed by atoms with Crippen LogP contribution in [0.25, 0.3) is 10.8 Å². The largest absolute Gasteiger partial charge is 0.453 e. The molecule has 1 aromatic heterocycles. The highest BCUT2D eigenvalue weighted by molar-refractivity contribution is 7.71. The van der Waals surface area contributed by atoms with Gasteiger partial charge in [-0.15, -0.1) is 5.10 Å². The Kier molecular flexibility index (Phi) is 3.53. The Morgan fingerprint density at radius 3 is 2.64 bits per heavy atom. The normalized spacial score (nSPS) is 12.3. The van der Waals surface area contributed by atoms with E-state index < -0.39 is 12.0 Å². The molecule has 0 atom stereocenters. The van der Waals surface area contributed by atoms with Gasteiger partial charge in [0.05, 0.1) is 6.21 Å². The summed E-state index contributed by atoms with van der Waals surface area (Å²) in [5, 5.41) is 11.0. The summed E-state index contributed by atoms with van der Waals surface area (Å²) < 4.78 is 38.8. The average Bonchev–Trinajstić information content (AvgIpc) is 2.86. The highest BCUT2D eigenvalue weighted by Gasteiger charge is 2.37. The van der Waals surface area contributed by atoms with E-state index in [0.29, 0.717) is 10.2 Å². The fourth-order valence-electron chi connectivity index (χ4n) is 2.07. The van der Waals surface area contributed by atoms with Crippen molar-refractivity contribution in [3.63, 3.8) is 0 Å². The number of alkyl halides is 3. The molecular weight excluding hydrogens is 313 g/mol. The third-order valence-electron chi connectivity index (χ3n) is 3.04. The standard InChI is InChI=1S/C14H9F3N4S/c15-14(16,17)12-19-20-13(22)21(12)18-8-10-6-3-5-9-4-1-2-7-11(9)10/h1-8H,(H,20,22)/b18-8-. The van der Waals surface area contributed by atoms with Gasteiger partial charge >= 0.3 is 6.18 Å². The predicted octanol–water partition coefficient (Wildman–Crippen LogP) is 3.99. The average molecular weight is 322 g/mol. The molecule has 0 aliphatic rings. The minimum Gasteiger partial charge on any atom is -0.250 e. The number of aromatic amines is 1. The summed E-state index contributed by atoms with van der Waals surface area (Å²) in [6, 6.07) is 13.0. The molecule has 3 aromatic rings. The monoisotopic (exact) mass is 322 g/mol. The molecule has 0 saturated heterocycles. The zero-order chi connectivity index (χ0) is 15.7. The highest BCUT2D eigenvalue weighted by Crippen LogP contribution is 2.27. The van der Waals surface area contributed by atoms with Gasteiger partial charge in [0, 0.05) is 5.56 Å². The molecule has 0 radical (unpaired) electrons. The van der Waals surface area contributed by atoms with E-state index >= 15 is 0 Å². The van der Waals surface area contributed by atoms with E-state index in [2.05, 4.69) is 15.3 Å². The molecule has 3 rings (SSSR count). The van der Waals surface area contributed by atoms with Crippen molar-refractivity contribution in [2.75, 3.05) is 0 Å². The van der Waals surface area contributed by atoms with E-state index in [0.717, 1.165) is 10.8 Å². The van der Waals surface area contributed by atoms with Crippen LogP contribution in [0.5, 0.6) is 0 Å². The Morgan fingerprint density at radius 1 is 1.14 bits per heavy atom. The van der Waals surface area contributed by atoms with E-state index in [4.69, 9.17) is 12.2 Å². The topological polar surface area (TPSA) is 46.0 Å². The fourth-order valence-corrected chi connectivity index (χ4v) is 2.24. The van der Waals surface area contributed by atoms with Crippen LogP contribution in [0.4, 0.5) is 13.2 Å². The first-order valence-corrected chi connectivity index (χ1v) is 6.64. The third-order valence-corrected chi connectivity index (χ3v) is 3.30. The van der Waals surface area contributed by atoms with Crippen molar-refractivity contribution in [1.29, 1.82) is 0 Å². The van der Waals surface area contributed by atoms with Crippen molar-refractivity contribution in [2.24, 2.45) is 5.10 Å². The van der Waals surface area contributed by atoms with Gasteiger partial charge in [-0.25, -0.2) is 5.10 Å². The minimum absolute atomic E-state index is 0.219. The summed E-state index contributed by atoms with van der Waals surface area (Å²) in [7, 11) is 0. The van der Waals surface area contributed by atoms with Crippen LogP contribution < -0.4 is 0 Å². The Bertz CT molecular complexity index is 903. The van der Waals surface area contributed by atoms with Crippen LogP contribution in [-0.2, 0) is 6.18 Å². The Hall–Kier alpha value is -2.48. The lowest BCUT2D eigenvalue weighted by Gasteiger charge is -2.05. The van der Waals surface area contributed by atoms with E-state index in [9.17, 15) is 13.2 Å². The van der Waals surface area contributed by atoms with E-state index in [1.165, 1.54) is 6.21 Å². The Labute approximate surface area is 127 Å². The quantitative estimate of drug-likeness (QED) is 0.573. The lowest BCUT2D eigenvalue weighted by atomic mass is 10.1. The van der Waals surface area contributed by atoms with Gasteiger partial charge in [0.25, 0.3) is 5.82 Å². The first-order chi connectivity index (χ1) is 10.5. The van der Waals surface area contributed by atoms with Gasteiger partial charge < -0.3 is 0 Å². The van der Waals surface area contributed by atoms with Crippen molar-refractivity contribution in [2.45, 2.75) is 6.18 Å². The molecule has 0 spiro atoms. The highest BCUT2D eigenvalue weighted by atomic mass is 32.1. The van der Waals surface area contributed by atoms with Crippen LogP contribution in [0.1, 0.15) is 11.4 Å². The molecule has 1 heterocycles. The molecule has 4 nitrogen and oxygen atoms in total. The van der Waals surface area contributed by atoms with E-state index in [-0.39, 0.29) is 4.77 Å². The number of fused-ring (bicyclic) bond motifs is 1. The van der Waals surface area contributed by atoms with E-state index in [1.807, 2.05) is 36.4 Å². The summed E-state index contributed by atoms with van der Waals surface area (Å²) in [6.45, 7) is 0. The molecule has 0 fully saturated rings. The first kappa shape index (κ1) is 14.5. The zero-order valence-electron chi connectivity index (χ0n) is 11.0. The molecule has 0 saturated carbocycles. The maximum Gasteiger partial charge on any atom is 0.453 e. The molecular formula is C14H9F3N4S. The first-order valence-electron chi connectivity index (χ1n) is 6.23. The molecule has 112 valence electrons. The van der Waals surface area contributed by atoms with Gasteiger partial charge in [-0.05, 0) is 23.0 Å².